The van der Waals surface area contributed by atoms with E-state index >= 15 is 0 Å². The van der Waals surface area contributed by atoms with E-state index in [2.05, 4.69) is 62.9 Å². The van der Waals surface area contributed by atoms with Crippen LogP contribution in [0.5, 0.6) is 0 Å². The van der Waals surface area contributed by atoms with E-state index < -0.39 is 0 Å². The second-order valence-electron chi connectivity index (χ2n) is 15.4. The molecule has 220 valence electrons. The monoisotopic (exact) mass is 549 g/mol. The molecular formula is C35H51NO4. The standard InChI is InChI=1S/C35H51NO4/c1-24(2)20-30-31(37)40-34(23-36(30)22-25-8-6-5-7-9-25)17-16-32(3)26(21-34)10-11-27-28(32)12-14-33(4)29(27)13-15-35(33)38-18-19-39-35/h5-9,24,26-30H,10-23H2,1-4H3/t26-,27+,28-,29-,30-,32-,33-,34+/m0/s1. The fraction of sp³-hybridized carbons (Fsp3) is 0.800. The zero-order valence-electron chi connectivity index (χ0n) is 25.3. The molecule has 0 bridgehead atoms. The highest BCUT2D eigenvalue weighted by Crippen LogP contribution is 2.70. The summed E-state index contributed by atoms with van der Waals surface area (Å²) in [6.45, 7) is 12.8. The zero-order valence-corrected chi connectivity index (χ0v) is 25.3. The normalized spacial score (nSPS) is 44.4. The number of hydrogen-bond acceptors (Lipinski definition) is 5. The van der Waals surface area contributed by atoms with Gasteiger partial charge in [0.25, 0.3) is 0 Å². The summed E-state index contributed by atoms with van der Waals surface area (Å²) in [5.41, 5.74) is 1.46. The molecule has 1 aromatic rings. The Morgan fingerprint density at radius 2 is 1.68 bits per heavy atom. The summed E-state index contributed by atoms with van der Waals surface area (Å²) in [6, 6.07) is 10.6. The van der Waals surface area contributed by atoms with Crippen molar-refractivity contribution < 1.29 is 19.0 Å². The predicted molar refractivity (Wildman–Crippen MR) is 155 cm³/mol. The molecule has 40 heavy (non-hydrogen) atoms. The average molecular weight is 550 g/mol. The zero-order chi connectivity index (χ0) is 27.8. The second-order valence-corrected chi connectivity index (χ2v) is 15.4. The van der Waals surface area contributed by atoms with Gasteiger partial charge in [-0.15, -0.1) is 0 Å². The maximum atomic E-state index is 13.7. The van der Waals surface area contributed by atoms with Crippen LogP contribution < -0.4 is 0 Å². The first kappa shape index (κ1) is 27.4. The van der Waals surface area contributed by atoms with Crippen molar-refractivity contribution in [3.05, 3.63) is 35.9 Å². The third kappa shape index (κ3) is 4.15. The van der Waals surface area contributed by atoms with Crippen LogP contribution in [0.15, 0.2) is 30.3 Å². The lowest BCUT2D eigenvalue weighted by molar-refractivity contribution is -0.251. The first-order valence-electron chi connectivity index (χ1n) is 16.5. The van der Waals surface area contributed by atoms with E-state index in [0.29, 0.717) is 23.2 Å². The molecule has 7 rings (SSSR count). The first-order chi connectivity index (χ1) is 19.2. The smallest absolute Gasteiger partial charge is 0.323 e. The van der Waals surface area contributed by atoms with Crippen molar-refractivity contribution in [3.8, 4) is 0 Å². The summed E-state index contributed by atoms with van der Waals surface area (Å²) in [6.07, 6.45) is 11.5. The van der Waals surface area contributed by atoms with E-state index in [1.54, 1.807) is 0 Å². The minimum Gasteiger partial charge on any atom is -0.457 e. The minimum absolute atomic E-state index is 0.0226. The number of carbonyl (C=O) groups is 1. The van der Waals surface area contributed by atoms with Gasteiger partial charge in [0.05, 0.1) is 13.2 Å². The van der Waals surface area contributed by atoms with E-state index in [4.69, 9.17) is 14.2 Å². The summed E-state index contributed by atoms with van der Waals surface area (Å²) < 4.78 is 19.3. The summed E-state index contributed by atoms with van der Waals surface area (Å²) in [5, 5.41) is 0. The summed E-state index contributed by atoms with van der Waals surface area (Å²) >= 11 is 0. The maximum absolute atomic E-state index is 13.7. The first-order valence-corrected chi connectivity index (χ1v) is 16.5. The Morgan fingerprint density at radius 3 is 2.42 bits per heavy atom. The highest BCUT2D eigenvalue weighted by molar-refractivity contribution is 5.77. The fourth-order valence-electron chi connectivity index (χ4n) is 11.0. The molecule has 5 nitrogen and oxygen atoms in total. The Hall–Kier alpha value is -1.43. The van der Waals surface area contributed by atoms with Gasteiger partial charge in [0.2, 0.25) is 0 Å². The molecule has 4 aliphatic carbocycles. The lowest BCUT2D eigenvalue weighted by Gasteiger charge is -2.63. The van der Waals surface area contributed by atoms with E-state index in [1.807, 2.05) is 0 Å². The molecule has 2 saturated heterocycles. The fourth-order valence-corrected chi connectivity index (χ4v) is 11.0. The Balaban J connectivity index is 1.11. The van der Waals surface area contributed by atoms with Crippen LogP contribution in [0.1, 0.15) is 97.5 Å². The molecule has 2 spiro atoms. The number of morpholine rings is 1. The highest BCUT2D eigenvalue weighted by atomic mass is 16.7. The number of carbonyl (C=O) groups excluding carboxylic acids is 1. The van der Waals surface area contributed by atoms with Crippen LogP contribution in [0.3, 0.4) is 0 Å². The van der Waals surface area contributed by atoms with Crippen LogP contribution in [0.25, 0.3) is 0 Å². The van der Waals surface area contributed by atoms with Gasteiger partial charge in [0, 0.05) is 24.9 Å². The SMILES string of the molecule is CC(C)C[C@H]1C(=O)O[C@@]2(CC[C@@]3(C)[C@@H](CC[C@@H]4[C@@H]3CC[C@@]3(C)[C@H]4CCC34OCCO4)C2)CN1Cc1ccccc1. The van der Waals surface area contributed by atoms with Crippen LogP contribution in [0.2, 0.25) is 0 Å². The van der Waals surface area contributed by atoms with Crippen molar-refractivity contribution in [2.75, 3.05) is 19.8 Å². The molecule has 0 unspecified atom stereocenters. The molecule has 8 atom stereocenters. The Kier molecular flexibility index (Phi) is 6.72. The number of benzene rings is 1. The van der Waals surface area contributed by atoms with Crippen molar-refractivity contribution in [1.29, 1.82) is 0 Å². The molecule has 0 N–H and O–H groups in total. The third-order valence-corrected chi connectivity index (χ3v) is 13.0. The largest absolute Gasteiger partial charge is 0.457 e. The number of esters is 1. The van der Waals surface area contributed by atoms with Gasteiger partial charge in [-0.05, 0) is 98.4 Å². The van der Waals surface area contributed by atoms with Gasteiger partial charge in [-0.25, -0.2) is 0 Å². The molecule has 6 aliphatic rings. The quantitative estimate of drug-likeness (QED) is 0.379. The van der Waals surface area contributed by atoms with Crippen molar-refractivity contribution in [2.45, 2.75) is 116 Å². The molecule has 0 radical (unpaired) electrons. The lowest BCUT2D eigenvalue weighted by Crippen LogP contribution is -2.64. The van der Waals surface area contributed by atoms with Gasteiger partial charge < -0.3 is 14.2 Å². The number of nitrogens with zero attached hydrogens (tertiary/aromatic N) is 1. The molecule has 2 aliphatic heterocycles. The molecule has 1 aromatic carbocycles. The van der Waals surface area contributed by atoms with Crippen molar-refractivity contribution in [1.82, 2.24) is 4.90 Å². The second kappa shape index (κ2) is 9.81. The van der Waals surface area contributed by atoms with Crippen molar-refractivity contribution >= 4 is 5.97 Å². The molecule has 0 aromatic heterocycles. The molecule has 5 heteroatoms. The maximum Gasteiger partial charge on any atom is 0.323 e. The van der Waals surface area contributed by atoms with E-state index in [9.17, 15) is 4.79 Å². The van der Waals surface area contributed by atoms with E-state index in [1.165, 1.54) is 44.1 Å². The van der Waals surface area contributed by atoms with Crippen LogP contribution in [0.4, 0.5) is 0 Å². The number of rotatable bonds is 4. The number of fused-ring (bicyclic) bond motifs is 6. The average Bonchev–Trinajstić information content (AvgIpc) is 3.53. The van der Waals surface area contributed by atoms with Gasteiger partial charge in [-0.1, -0.05) is 58.0 Å². The lowest BCUT2D eigenvalue weighted by atomic mass is 9.44. The van der Waals surface area contributed by atoms with Crippen molar-refractivity contribution in [2.24, 2.45) is 40.4 Å². The number of ether oxygens (including phenoxy) is 3. The van der Waals surface area contributed by atoms with Crippen LogP contribution in [-0.2, 0) is 25.5 Å². The topological polar surface area (TPSA) is 48.0 Å². The number of hydrogen-bond donors (Lipinski definition) is 0. The van der Waals surface area contributed by atoms with E-state index in [0.717, 1.165) is 63.8 Å². The minimum atomic E-state index is -0.331. The van der Waals surface area contributed by atoms with E-state index in [-0.39, 0.29) is 28.8 Å². The van der Waals surface area contributed by atoms with Crippen molar-refractivity contribution in [3.63, 3.8) is 0 Å². The Morgan fingerprint density at radius 1 is 0.925 bits per heavy atom. The summed E-state index contributed by atoms with van der Waals surface area (Å²) in [5.74, 6) is 3.06. The van der Waals surface area contributed by atoms with Gasteiger partial charge in [-0.3, -0.25) is 9.69 Å². The molecule has 0 amide bonds. The summed E-state index contributed by atoms with van der Waals surface area (Å²) in [4.78, 5) is 16.1. The van der Waals surface area contributed by atoms with Crippen LogP contribution in [0, 0.1) is 40.4 Å². The van der Waals surface area contributed by atoms with Gasteiger partial charge in [0.1, 0.15) is 11.6 Å². The third-order valence-electron chi connectivity index (χ3n) is 13.0. The van der Waals surface area contributed by atoms with Crippen LogP contribution >= 0.6 is 0 Å². The van der Waals surface area contributed by atoms with Gasteiger partial charge >= 0.3 is 5.97 Å². The Bertz CT molecular complexity index is 1100. The van der Waals surface area contributed by atoms with Gasteiger partial charge in [0.15, 0.2) is 5.79 Å². The molecule has 2 heterocycles. The molecule has 4 saturated carbocycles. The Labute approximate surface area is 241 Å². The molecule has 6 fully saturated rings. The predicted octanol–water partition coefficient (Wildman–Crippen LogP) is 6.98. The highest BCUT2D eigenvalue weighted by Gasteiger charge is 2.68. The summed E-state index contributed by atoms with van der Waals surface area (Å²) in [7, 11) is 0. The van der Waals surface area contributed by atoms with Gasteiger partial charge in [-0.2, -0.15) is 0 Å². The van der Waals surface area contributed by atoms with Crippen LogP contribution in [-0.4, -0.2) is 48.1 Å². The molecular weight excluding hydrogens is 498 g/mol.